The highest BCUT2D eigenvalue weighted by molar-refractivity contribution is 14.1. The molecule has 3 rings (SSSR count). The first kappa shape index (κ1) is 26.0. The van der Waals surface area contributed by atoms with Crippen molar-refractivity contribution in [1.82, 2.24) is 4.90 Å². The lowest BCUT2D eigenvalue weighted by molar-refractivity contribution is 0.0139. The first-order valence-electron chi connectivity index (χ1n) is 10.9. The molecule has 1 aliphatic heterocycles. The van der Waals surface area contributed by atoms with Gasteiger partial charge in [-0.3, -0.25) is 4.79 Å². The lowest BCUT2D eigenvalue weighted by atomic mass is 9.99. The van der Waals surface area contributed by atoms with Crippen molar-refractivity contribution in [2.75, 3.05) is 25.0 Å². The van der Waals surface area contributed by atoms with Crippen LogP contribution in [0.3, 0.4) is 0 Å². The number of halogens is 3. The van der Waals surface area contributed by atoms with Crippen LogP contribution >= 0.6 is 22.6 Å². The molecule has 1 heterocycles. The number of piperidine rings is 1. The van der Waals surface area contributed by atoms with Crippen LogP contribution in [0.15, 0.2) is 30.3 Å². The van der Waals surface area contributed by atoms with E-state index in [2.05, 4.69) is 5.32 Å². The van der Waals surface area contributed by atoms with Gasteiger partial charge in [-0.05, 0) is 80.5 Å². The number of carbonyl (C=O) groups is 2. The number of amides is 2. The number of ether oxygens (including phenoxy) is 2. The van der Waals surface area contributed by atoms with E-state index < -0.39 is 29.2 Å². The third-order valence-corrected chi connectivity index (χ3v) is 5.83. The van der Waals surface area contributed by atoms with E-state index >= 15 is 0 Å². The summed E-state index contributed by atoms with van der Waals surface area (Å²) in [7, 11) is 0. The number of nitrogens with two attached hydrogens (primary N) is 1. The monoisotopic (exact) mass is 587 g/mol. The molecular weight excluding hydrogens is 559 g/mol. The Balaban J connectivity index is 1.76. The molecule has 0 saturated carbocycles. The molecule has 0 bridgehead atoms. The minimum absolute atomic E-state index is 0.00151. The minimum atomic E-state index is -0.845. The largest absolute Gasteiger partial charge is 0.492 e. The van der Waals surface area contributed by atoms with Crippen molar-refractivity contribution in [2.45, 2.75) is 39.2 Å². The maximum Gasteiger partial charge on any atom is 0.410 e. The molecule has 1 fully saturated rings. The zero-order valence-electron chi connectivity index (χ0n) is 19.3. The lowest BCUT2D eigenvalue weighted by Crippen LogP contribution is -2.44. The maximum absolute atomic E-state index is 14.4. The zero-order valence-corrected chi connectivity index (χ0v) is 21.4. The van der Waals surface area contributed by atoms with Gasteiger partial charge >= 0.3 is 6.09 Å². The Bertz CT molecular complexity index is 1070. The van der Waals surface area contributed by atoms with Crippen molar-refractivity contribution >= 4 is 46.0 Å². The van der Waals surface area contributed by atoms with Crippen LogP contribution in [-0.2, 0) is 4.74 Å². The number of hydrogen-bond donors (Lipinski definition) is 2. The van der Waals surface area contributed by atoms with E-state index in [1.165, 1.54) is 12.1 Å². The summed E-state index contributed by atoms with van der Waals surface area (Å²) >= 11 is 1.97. The maximum atomic E-state index is 14.4. The standard InChI is InChI=1S/C24H28F2IN3O4/c1-24(2,3)34-23(32)30-8-4-5-14(12-30)13-33-20-10-15(25)9-19(21(20)22(28)31)29-18-7-6-16(27)11-17(18)26/h6-7,9-11,14,29H,4-5,8,12-13H2,1-3H3,(H2,28,31). The molecule has 7 nitrogen and oxygen atoms in total. The Morgan fingerprint density at radius 2 is 1.94 bits per heavy atom. The Labute approximate surface area is 211 Å². The summed E-state index contributed by atoms with van der Waals surface area (Å²) in [5, 5.41) is 2.74. The third kappa shape index (κ3) is 6.94. The van der Waals surface area contributed by atoms with Gasteiger partial charge in [-0.2, -0.15) is 0 Å². The van der Waals surface area contributed by atoms with Gasteiger partial charge in [-0.15, -0.1) is 0 Å². The molecule has 0 spiro atoms. The number of rotatable bonds is 6. The second kappa shape index (κ2) is 10.7. The average molecular weight is 587 g/mol. The Morgan fingerprint density at radius 3 is 2.59 bits per heavy atom. The smallest absolute Gasteiger partial charge is 0.410 e. The van der Waals surface area contributed by atoms with E-state index in [-0.39, 0.29) is 35.2 Å². The van der Waals surface area contributed by atoms with Gasteiger partial charge < -0.3 is 25.4 Å². The van der Waals surface area contributed by atoms with Gasteiger partial charge in [0.2, 0.25) is 0 Å². The molecule has 0 aromatic heterocycles. The molecule has 34 heavy (non-hydrogen) atoms. The van der Waals surface area contributed by atoms with Crippen LogP contribution in [0.2, 0.25) is 0 Å². The van der Waals surface area contributed by atoms with Gasteiger partial charge in [0.1, 0.15) is 28.5 Å². The predicted molar refractivity (Wildman–Crippen MR) is 133 cm³/mol. The SMILES string of the molecule is CC(C)(C)OC(=O)N1CCCC(COc2cc(F)cc(Nc3ccc(I)cc3F)c2C(N)=O)C1. The average Bonchev–Trinajstić information content (AvgIpc) is 2.72. The molecule has 3 N–H and O–H groups in total. The van der Waals surface area contributed by atoms with Crippen molar-refractivity contribution in [3.8, 4) is 5.75 Å². The molecule has 2 aromatic rings. The highest BCUT2D eigenvalue weighted by Crippen LogP contribution is 2.32. The number of carbonyl (C=O) groups excluding carboxylic acids is 2. The molecule has 2 aromatic carbocycles. The summed E-state index contributed by atoms with van der Waals surface area (Å²) in [4.78, 5) is 26.2. The number of primary amides is 1. The summed E-state index contributed by atoms with van der Waals surface area (Å²) in [5.41, 5.74) is 4.95. The van der Waals surface area contributed by atoms with Gasteiger partial charge in [0, 0.05) is 28.6 Å². The Hall–Kier alpha value is -2.63. The third-order valence-electron chi connectivity index (χ3n) is 5.16. The Morgan fingerprint density at radius 1 is 1.21 bits per heavy atom. The molecule has 1 saturated heterocycles. The molecule has 0 aliphatic carbocycles. The summed E-state index contributed by atoms with van der Waals surface area (Å²) in [6.07, 6.45) is 1.16. The van der Waals surface area contributed by atoms with Gasteiger partial charge in [-0.25, -0.2) is 13.6 Å². The fourth-order valence-corrected chi connectivity index (χ4v) is 4.14. The number of anilines is 2. The Kier molecular flexibility index (Phi) is 8.21. The number of likely N-dealkylation sites (tertiary alicyclic amines) is 1. The van der Waals surface area contributed by atoms with Crippen LogP contribution in [-0.4, -0.2) is 42.2 Å². The van der Waals surface area contributed by atoms with Crippen molar-refractivity contribution in [3.63, 3.8) is 0 Å². The highest BCUT2D eigenvalue weighted by Gasteiger charge is 2.28. The number of nitrogens with zero attached hydrogens (tertiary/aromatic N) is 1. The van der Waals surface area contributed by atoms with Crippen LogP contribution < -0.4 is 15.8 Å². The predicted octanol–water partition coefficient (Wildman–Crippen LogP) is 5.44. The summed E-state index contributed by atoms with van der Waals surface area (Å²) in [6.45, 7) is 6.54. The van der Waals surface area contributed by atoms with Gasteiger partial charge in [0.15, 0.2) is 0 Å². The highest BCUT2D eigenvalue weighted by atomic mass is 127. The molecule has 1 aliphatic rings. The van der Waals surface area contributed by atoms with E-state index in [1.807, 2.05) is 22.6 Å². The molecule has 2 amide bonds. The second-order valence-electron chi connectivity index (χ2n) is 9.19. The van der Waals surface area contributed by atoms with Crippen LogP contribution in [0.1, 0.15) is 44.0 Å². The molecular formula is C24H28F2IN3O4. The van der Waals surface area contributed by atoms with Crippen LogP contribution in [0.25, 0.3) is 0 Å². The molecule has 0 radical (unpaired) electrons. The molecule has 10 heteroatoms. The van der Waals surface area contributed by atoms with Gasteiger partial charge in [0.25, 0.3) is 5.91 Å². The van der Waals surface area contributed by atoms with E-state index in [4.69, 9.17) is 15.2 Å². The summed E-state index contributed by atoms with van der Waals surface area (Å²) < 4.78 is 40.7. The van der Waals surface area contributed by atoms with Crippen molar-refractivity contribution in [2.24, 2.45) is 11.7 Å². The van der Waals surface area contributed by atoms with E-state index in [0.29, 0.717) is 16.7 Å². The van der Waals surface area contributed by atoms with Crippen molar-refractivity contribution in [1.29, 1.82) is 0 Å². The van der Waals surface area contributed by atoms with E-state index in [1.54, 1.807) is 31.7 Å². The number of benzene rings is 2. The molecule has 1 unspecified atom stereocenters. The normalized spacial score (nSPS) is 16.2. The minimum Gasteiger partial charge on any atom is -0.492 e. The fourth-order valence-electron chi connectivity index (χ4n) is 3.69. The van der Waals surface area contributed by atoms with Crippen LogP contribution in [0, 0.1) is 21.1 Å². The van der Waals surface area contributed by atoms with Gasteiger partial charge in [0.05, 0.1) is 18.0 Å². The van der Waals surface area contributed by atoms with Crippen molar-refractivity contribution in [3.05, 3.63) is 51.1 Å². The molecule has 1 atom stereocenters. The summed E-state index contributed by atoms with van der Waals surface area (Å²) in [6, 6.07) is 6.61. The quantitative estimate of drug-likeness (QED) is 0.440. The van der Waals surface area contributed by atoms with Crippen molar-refractivity contribution < 1.29 is 27.8 Å². The lowest BCUT2D eigenvalue weighted by Gasteiger charge is -2.34. The zero-order chi connectivity index (χ0) is 25.0. The number of hydrogen-bond acceptors (Lipinski definition) is 5. The molecule has 184 valence electrons. The topological polar surface area (TPSA) is 93.9 Å². The second-order valence-corrected chi connectivity index (χ2v) is 10.4. The summed E-state index contributed by atoms with van der Waals surface area (Å²) in [5.74, 6) is -2.17. The van der Waals surface area contributed by atoms with E-state index in [0.717, 1.165) is 25.0 Å². The first-order valence-corrected chi connectivity index (χ1v) is 12.0. The number of nitrogens with one attached hydrogen (secondary N) is 1. The fraction of sp³-hybridized carbons (Fsp3) is 0.417. The van der Waals surface area contributed by atoms with E-state index in [9.17, 15) is 18.4 Å². The van der Waals surface area contributed by atoms with Gasteiger partial charge in [-0.1, -0.05) is 0 Å². The van der Waals surface area contributed by atoms with Crippen LogP contribution in [0.4, 0.5) is 25.0 Å². The van der Waals surface area contributed by atoms with Crippen LogP contribution in [0.5, 0.6) is 5.75 Å². The first-order chi connectivity index (χ1) is 15.9.